The molecule has 0 amide bonds. The van der Waals surface area contributed by atoms with Gasteiger partial charge in [-0.05, 0) is 24.6 Å². The summed E-state index contributed by atoms with van der Waals surface area (Å²) >= 11 is 0. The molecule has 1 aromatic carbocycles. The van der Waals surface area contributed by atoms with E-state index in [1.165, 1.54) is 0 Å². The predicted octanol–water partition coefficient (Wildman–Crippen LogP) is 3.09. The van der Waals surface area contributed by atoms with Crippen LogP contribution in [0.3, 0.4) is 0 Å². The summed E-state index contributed by atoms with van der Waals surface area (Å²) in [5.74, 6) is -0.502. The highest BCUT2D eigenvalue weighted by molar-refractivity contribution is 5.41. The largest absolute Gasteiger partial charge is 0.573 e. The number of hydrogen-bond donors (Lipinski definition) is 2. The normalized spacial score (nSPS) is 13.5. The van der Waals surface area contributed by atoms with Gasteiger partial charge in [0.1, 0.15) is 11.5 Å². The minimum Gasteiger partial charge on any atom is -0.508 e. The smallest absolute Gasteiger partial charge is 0.508 e. The summed E-state index contributed by atoms with van der Waals surface area (Å²) in [6.45, 7) is 1.90. The molecule has 0 saturated carbocycles. The Morgan fingerprint density at radius 3 is 2.59 bits per heavy atom. The molecule has 0 aliphatic carbocycles. The molecule has 6 heteroatoms. The van der Waals surface area contributed by atoms with Crippen molar-refractivity contribution >= 4 is 0 Å². The zero-order valence-corrected chi connectivity index (χ0v) is 9.29. The van der Waals surface area contributed by atoms with Gasteiger partial charge in [0.15, 0.2) is 0 Å². The average Bonchev–Trinajstić information content (AvgIpc) is 2.19. The molecule has 1 aromatic rings. The van der Waals surface area contributed by atoms with E-state index in [4.69, 9.17) is 5.73 Å². The summed E-state index contributed by atoms with van der Waals surface area (Å²) in [5, 5.41) is 9.51. The van der Waals surface area contributed by atoms with E-state index in [1.807, 2.05) is 6.92 Å². The summed E-state index contributed by atoms with van der Waals surface area (Å²) in [4.78, 5) is 0. The fourth-order valence-electron chi connectivity index (χ4n) is 1.49. The number of nitrogens with two attached hydrogens (primary N) is 1. The first-order chi connectivity index (χ1) is 7.83. The second-order valence-electron chi connectivity index (χ2n) is 3.66. The molecular weight excluding hydrogens is 235 g/mol. The van der Waals surface area contributed by atoms with Crippen molar-refractivity contribution in [1.29, 1.82) is 0 Å². The van der Waals surface area contributed by atoms with Crippen LogP contribution in [0.15, 0.2) is 18.2 Å². The van der Waals surface area contributed by atoms with Crippen molar-refractivity contribution in [2.45, 2.75) is 32.2 Å². The van der Waals surface area contributed by atoms with Gasteiger partial charge in [-0.15, -0.1) is 13.2 Å². The van der Waals surface area contributed by atoms with Crippen molar-refractivity contribution in [3.8, 4) is 11.5 Å². The predicted molar refractivity (Wildman–Crippen MR) is 56.6 cm³/mol. The van der Waals surface area contributed by atoms with Crippen LogP contribution in [0.2, 0.25) is 0 Å². The van der Waals surface area contributed by atoms with Gasteiger partial charge in [-0.2, -0.15) is 0 Å². The van der Waals surface area contributed by atoms with Crippen LogP contribution in [0.1, 0.15) is 31.4 Å². The summed E-state index contributed by atoms with van der Waals surface area (Å²) in [6, 6.07) is 2.80. The lowest BCUT2D eigenvalue weighted by molar-refractivity contribution is -0.274. The first kappa shape index (κ1) is 13.6. The second-order valence-corrected chi connectivity index (χ2v) is 3.66. The van der Waals surface area contributed by atoms with E-state index in [-0.39, 0.29) is 17.1 Å². The first-order valence-electron chi connectivity index (χ1n) is 5.17. The molecule has 3 nitrogen and oxygen atoms in total. The van der Waals surface area contributed by atoms with Crippen LogP contribution in [0.5, 0.6) is 11.5 Å². The van der Waals surface area contributed by atoms with E-state index in [1.54, 1.807) is 0 Å². The third-order valence-electron chi connectivity index (χ3n) is 2.23. The van der Waals surface area contributed by atoms with E-state index >= 15 is 0 Å². The number of halogens is 3. The molecule has 1 rings (SSSR count). The van der Waals surface area contributed by atoms with Gasteiger partial charge in [-0.1, -0.05) is 13.3 Å². The number of ether oxygens (including phenoxy) is 1. The highest BCUT2D eigenvalue weighted by atomic mass is 19.4. The Morgan fingerprint density at radius 2 is 2.06 bits per heavy atom. The van der Waals surface area contributed by atoms with Gasteiger partial charge in [0.2, 0.25) is 0 Å². The molecule has 0 saturated heterocycles. The fraction of sp³-hybridized carbons (Fsp3) is 0.455. The van der Waals surface area contributed by atoms with Crippen LogP contribution >= 0.6 is 0 Å². The molecule has 0 aliphatic rings. The number of aromatic hydroxyl groups is 1. The van der Waals surface area contributed by atoms with Crippen molar-refractivity contribution < 1.29 is 23.0 Å². The van der Waals surface area contributed by atoms with Crippen LogP contribution in [0, 0.1) is 0 Å². The van der Waals surface area contributed by atoms with Crippen LogP contribution in [-0.4, -0.2) is 11.5 Å². The van der Waals surface area contributed by atoms with Crippen LogP contribution in [0.25, 0.3) is 0 Å². The Hall–Kier alpha value is -1.43. The fourth-order valence-corrected chi connectivity index (χ4v) is 1.49. The summed E-state index contributed by atoms with van der Waals surface area (Å²) in [6.07, 6.45) is -3.41. The lowest BCUT2D eigenvalue weighted by Crippen LogP contribution is -2.17. The number of rotatable bonds is 4. The van der Waals surface area contributed by atoms with Gasteiger partial charge in [-0.25, -0.2) is 0 Å². The lowest BCUT2D eigenvalue weighted by atomic mass is 10.0. The second kappa shape index (κ2) is 5.27. The third kappa shape index (κ3) is 4.14. The zero-order chi connectivity index (χ0) is 13.1. The van der Waals surface area contributed by atoms with Gasteiger partial charge in [0.05, 0.1) is 0 Å². The van der Waals surface area contributed by atoms with Crippen molar-refractivity contribution in [2.24, 2.45) is 5.73 Å². The van der Waals surface area contributed by atoms with E-state index < -0.39 is 12.4 Å². The minimum atomic E-state index is -4.75. The van der Waals surface area contributed by atoms with E-state index in [9.17, 15) is 18.3 Å². The molecule has 0 heterocycles. The molecule has 0 unspecified atom stereocenters. The van der Waals surface area contributed by atoms with Gasteiger partial charge in [-0.3, -0.25) is 0 Å². The van der Waals surface area contributed by atoms with Crippen LogP contribution < -0.4 is 10.5 Å². The van der Waals surface area contributed by atoms with Crippen molar-refractivity contribution in [3.05, 3.63) is 23.8 Å². The number of phenolic OH excluding ortho intramolecular Hbond substituents is 1. The third-order valence-corrected chi connectivity index (χ3v) is 2.23. The molecule has 0 spiro atoms. The molecule has 0 bridgehead atoms. The Morgan fingerprint density at radius 1 is 1.41 bits per heavy atom. The molecule has 0 radical (unpaired) electrons. The molecule has 3 N–H and O–H groups in total. The molecule has 0 aromatic heterocycles. The molecule has 0 aliphatic heterocycles. The molecule has 0 fully saturated rings. The maximum Gasteiger partial charge on any atom is 0.573 e. The quantitative estimate of drug-likeness (QED) is 0.862. The molecule has 1 atom stereocenters. The zero-order valence-electron chi connectivity index (χ0n) is 9.29. The number of alkyl halides is 3. The number of phenols is 1. The van der Waals surface area contributed by atoms with E-state index in [0.29, 0.717) is 6.42 Å². The topological polar surface area (TPSA) is 55.5 Å². The average molecular weight is 249 g/mol. The Bertz CT molecular complexity index is 379. The molecular formula is C11H14F3NO2. The summed E-state index contributed by atoms with van der Waals surface area (Å²) in [5.41, 5.74) is 6.00. The van der Waals surface area contributed by atoms with Crippen molar-refractivity contribution in [3.63, 3.8) is 0 Å². The van der Waals surface area contributed by atoms with Crippen molar-refractivity contribution in [2.75, 3.05) is 0 Å². The van der Waals surface area contributed by atoms with Crippen molar-refractivity contribution in [1.82, 2.24) is 0 Å². The van der Waals surface area contributed by atoms with Crippen LogP contribution in [0.4, 0.5) is 13.2 Å². The van der Waals surface area contributed by atoms with E-state index in [0.717, 1.165) is 24.6 Å². The lowest BCUT2D eigenvalue weighted by Gasteiger charge is -2.15. The highest BCUT2D eigenvalue weighted by Gasteiger charge is 2.31. The standard InChI is InChI=1S/C11H14F3NO2/c1-2-3-9(15)8-6-7(4-5-10(8)16)17-11(12,13)14/h4-6,9,16H,2-3,15H2,1H3/t9-/m1/s1. The summed E-state index contributed by atoms with van der Waals surface area (Å²) in [7, 11) is 0. The Balaban J connectivity index is 2.94. The molecule has 17 heavy (non-hydrogen) atoms. The maximum absolute atomic E-state index is 12.0. The SMILES string of the molecule is CCC[C@@H](N)c1cc(OC(F)(F)F)ccc1O. The van der Waals surface area contributed by atoms with Gasteiger partial charge in [0.25, 0.3) is 0 Å². The van der Waals surface area contributed by atoms with Crippen LogP contribution in [-0.2, 0) is 0 Å². The number of hydrogen-bond acceptors (Lipinski definition) is 3. The summed E-state index contributed by atoms with van der Waals surface area (Å²) < 4.78 is 39.8. The minimum absolute atomic E-state index is 0.125. The first-order valence-corrected chi connectivity index (χ1v) is 5.17. The van der Waals surface area contributed by atoms with E-state index in [2.05, 4.69) is 4.74 Å². The highest BCUT2D eigenvalue weighted by Crippen LogP contribution is 2.31. The van der Waals surface area contributed by atoms with Gasteiger partial charge >= 0.3 is 6.36 Å². The number of benzene rings is 1. The monoisotopic (exact) mass is 249 g/mol. The van der Waals surface area contributed by atoms with Gasteiger partial charge in [0, 0.05) is 11.6 Å². The Kier molecular flexibility index (Phi) is 4.22. The maximum atomic E-state index is 12.0. The van der Waals surface area contributed by atoms with Gasteiger partial charge < -0.3 is 15.6 Å². The molecule has 96 valence electrons. The Labute approximate surface area is 97.0 Å².